The summed E-state index contributed by atoms with van der Waals surface area (Å²) in [5.41, 5.74) is 4.66. The van der Waals surface area contributed by atoms with Gasteiger partial charge in [-0.05, 0) is 18.1 Å². The minimum Gasteiger partial charge on any atom is -0.385 e. The van der Waals surface area contributed by atoms with E-state index in [4.69, 9.17) is 0 Å². The van der Waals surface area contributed by atoms with Gasteiger partial charge in [-0.25, -0.2) is 5.43 Å². The number of carbonyl (C=O) groups excluding carboxylic acids is 1. The van der Waals surface area contributed by atoms with Gasteiger partial charge in [-0.3, -0.25) is 4.79 Å². The second-order valence-electron chi connectivity index (χ2n) is 4.80. The molecule has 1 aliphatic heterocycles. The Morgan fingerprint density at radius 1 is 1.37 bits per heavy atom. The minimum absolute atomic E-state index is 0.0229. The number of hydrogen-bond acceptors (Lipinski definition) is 3. The van der Waals surface area contributed by atoms with Crippen LogP contribution in [0.1, 0.15) is 44.1 Å². The molecule has 4 nitrogen and oxygen atoms in total. The van der Waals surface area contributed by atoms with Crippen LogP contribution in [-0.2, 0) is 4.79 Å². The van der Waals surface area contributed by atoms with E-state index in [0.717, 1.165) is 24.2 Å². The second-order valence-corrected chi connectivity index (χ2v) is 4.80. The molecule has 1 atom stereocenters. The van der Waals surface area contributed by atoms with Crippen molar-refractivity contribution in [2.75, 3.05) is 11.9 Å². The first-order valence-electron chi connectivity index (χ1n) is 6.97. The highest BCUT2D eigenvalue weighted by Gasteiger charge is 2.24. The number of benzene rings is 1. The number of nitrogens with zero attached hydrogens (tertiary/aromatic N) is 1. The highest BCUT2D eigenvalue weighted by Crippen LogP contribution is 2.28. The van der Waals surface area contributed by atoms with E-state index in [1.807, 2.05) is 24.3 Å². The highest BCUT2D eigenvalue weighted by atomic mass is 16.2. The minimum atomic E-state index is -0.132. The number of amides is 1. The quantitative estimate of drug-likeness (QED) is 0.772. The lowest BCUT2D eigenvalue weighted by Gasteiger charge is -2.20. The average molecular weight is 259 g/mol. The first-order chi connectivity index (χ1) is 9.33. The maximum absolute atomic E-state index is 11.9. The van der Waals surface area contributed by atoms with E-state index in [9.17, 15) is 4.79 Å². The SMILES string of the molecule is CCCCCNc1ccccc1C1CC=NNC1=O. The molecule has 2 rings (SSSR count). The molecule has 0 spiro atoms. The van der Waals surface area contributed by atoms with Crippen LogP contribution in [0, 0.1) is 0 Å². The van der Waals surface area contributed by atoms with Gasteiger partial charge in [0.05, 0.1) is 5.92 Å². The van der Waals surface area contributed by atoms with E-state index in [-0.39, 0.29) is 11.8 Å². The van der Waals surface area contributed by atoms with Gasteiger partial charge >= 0.3 is 0 Å². The summed E-state index contributed by atoms with van der Waals surface area (Å²) in [5, 5.41) is 7.25. The predicted octanol–water partition coefficient (Wildman–Crippen LogP) is 2.88. The second kappa shape index (κ2) is 6.92. The Kier molecular flexibility index (Phi) is 4.95. The zero-order chi connectivity index (χ0) is 13.5. The lowest BCUT2D eigenvalue weighted by atomic mass is 9.93. The molecular formula is C15H21N3O. The first kappa shape index (κ1) is 13.6. The zero-order valence-electron chi connectivity index (χ0n) is 11.4. The monoisotopic (exact) mass is 259 g/mol. The molecule has 0 aromatic heterocycles. The van der Waals surface area contributed by atoms with E-state index in [1.54, 1.807) is 6.21 Å². The summed E-state index contributed by atoms with van der Waals surface area (Å²) in [4.78, 5) is 11.9. The summed E-state index contributed by atoms with van der Waals surface area (Å²) < 4.78 is 0. The van der Waals surface area contributed by atoms with Crippen molar-refractivity contribution in [1.82, 2.24) is 5.43 Å². The molecule has 0 saturated heterocycles. The summed E-state index contributed by atoms with van der Waals surface area (Å²) in [7, 11) is 0. The molecule has 1 aromatic carbocycles. The topological polar surface area (TPSA) is 53.5 Å². The molecule has 0 bridgehead atoms. The van der Waals surface area contributed by atoms with Crippen molar-refractivity contribution in [3.63, 3.8) is 0 Å². The van der Waals surface area contributed by atoms with Crippen LogP contribution < -0.4 is 10.7 Å². The standard InChI is InChI=1S/C15H21N3O/c1-2-3-6-10-16-14-8-5-4-7-12(14)13-9-11-17-18-15(13)19/h4-5,7-8,11,13,16H,2-3,6,9-10H2,1H3,(H,18,19). The largest absolute Gasteiger partial charge is 0.385 e. The van der Waals surface area contributed by atoms with Gasteiger partial charge < -0.3 is 5.32 Å². The van der Waals surface area contributed by atoms with Crippen molar-refractivity contribution in [2.45, 2.75) is 38.5 Å². The van der Waals surface area contributed by atoms with Crippen molar-refractivity contribution >= 4 is 17.8 Å². The summed E-state index contributed by atoms with van der Waals surface area (Å²) >= 11 is 0. The van der Waals surface area contributed by atoms with Crippen molar-refractivity contribution < 1.29 is 4.79 Å². The number of rotatable bonds is 6. The lowest BCUT2D eigenvalue weighted by Crippen LogP contribution is -2.30. The molecule has 2 N–H and O–H groups in total. The molecule has 1 aromatic rings. The van der Waals surface area contributed by atoms with Crippen LogP contribution in [0.5, 0.6) is 0 Å². The van der Waals surface area contributed by atoms with Crippen LogP contribution in [0.25, 0.3) is 0 Å². The van der Waals surface area contributed by atoms with E-state index in [0.29, 0.717) is 6.42 Å². The number of nitrogens with one attached hydrogen (secondary N) is 2. The van der Waals surface area contributed by atoms with Crippen molar-refractivity contribution in [1.29, 1.82) is 0 Å². The Morgan fingerprint density at radius 3 is 3.00 bits per heavy atom. The van der Waals surface area contributed by atoms with Gasteiger partial charge in [0.25, 0.3) is 0 Å². The maximum atomic E-state index is 11.9. The van der Waals surface area contributed by atoms with Crippen LogP contribution in [0.3, 0.4) is 0 Å². The van der Waals surface area contributed by atoms with Crippen LogP contribution >= 0.6 is 0 Å². The van der Waals surface area contributed by atoms with Gasteiger partial charge in [-0.2, -0.15) is 5.10 Å². The van der Waals surface area contributed by atoms with Crippen molar-refractivity contribution in [3.05, 3.63) is 29.8 Å². The highest BCUT2D eigenvalue weighted by molar-refractivity contribution is 5.90. The molecule has 0 aliphatic carbocycles. The third-order valence-corrected chi connectivity index (χ3v) is 3.36. The third kappa shape index (κ3) is 3.56. The van der Waals surface area contributed by atoms with E-state index in [1.165, 1.54) is 12.8 Å². The number of hydrazone groups is 1. The van der Waals surface area contributed by atoms with Gasteiger partial charge in [0.2, 0.25) is 5.91 Å². The number of unbranched alkanes of at least 4 members (excludes halogenated alkanes) is 2. The van der Waals surface area contributed by atoms with E-state index < -0.39 is 0 Å². The van der Waals surface area contributed by atoms with Crippen LogP contribution in [0.2, 0.25) is 0 Å². The first-order valence-corrected chi connectivity index (χ1v) is 6.97. The maximum Gasteiger partial charge on any atom is 0.248 e. The molecule has 102 valence electrons. The van der Waals surface area contributed by atoms with Crippen LogP contribution in [0.4, 0.5) is 5.69 Å². The number of para-hydroxylation sites is 1. The van der Waals surface area contributed by atoms with E-state index >= 15 is 0 Å². The van der Waals surface area contributed by atoms with Crippen LogP contribution in [0.15, 0.2) is 29.4 Å². The van der Waals surface area contributed by atoms with Crippen LogP contribution in [-0.4, -0.2) is 18.7 Å². The average Bonchev–Trinajstić information content (AvgIpc) is 2.45. The smallest absolute Gasteiger partial charge is 0.248 e. The van der Waals surface area contributed by atoms with Gasteiger partial charge in [0, 0.05) is 24.9 Å². The van der Waals surface area contributed by atoms with E-state index in [2.05, 4.69) is 22.8 Å². The fraction of sp³-hybridized carbons (Fsp3) is 0.467. The fourth-order valence-electron chi connectivity index (χ4n) is 2.28. The molecule has 1 heterocycles. The van der Waals surface area contributed by atoms with Gasteiger partial charge in [0.15, 0.2) is 0 Å². The van der Waals surface area contributed by atoms with Gasteiger partial charge in [0.1, 0.15) is 0 Å². The Labute approximate surface area is 114 Å². The van der Waals surface area contributed by atoms with Gasteiger partial charge in [-0.1, -0.05) is 38.0 Å². The number of anilines is 1. The Balaban J connectivity index is 2.07. The molecule has 1 amide bonds. The van der Waals surface area contributed by atoms with Crippen molar-refractivity contribution in [2.24, 2.45) is 5.10 Å². The lowest BCUT2D eigenvalue weighted by molar-refractivity contribution is -0.122. The number of hydrogen-bond donors (Lipinski definition) is 2. The molecule has 0 saturated carbocycles. The predicted molar refractivity (Wildman–Crippen MR) is 78.4 cm³/mol. The Morgan fingerprint density at radius 2 is 2.21 bits per heavy atom. The number of carbonyl (C=O) groups is 1. The summed E-state index contributed by atoms with van der Waals surface area (Å²) in [6.45, 7) is 3.15. The van der Waals surface area contributed by atoms with Crippen molar-refractivity contribution in [3.8, 4) is 0 Å². The summed E-state index contributed by atoms with van der Waals surface area (Å²) in [5.74, 6) is -0.155. The molecule has 0 fully saturated rings. The molecule has 19 heavy (non-hydrogen) atoms. The molecular weight excluding hydrogens is 238 g/mol. The normalized spacial score (nSPS) is 18.2. The molecule has 1 unspecified atom stereocenters. The van der Waals surface area contributed by atoms with Gasteiger partial charge in [-0.15, -0.1) is 0 Å². The Hall–Kier alpha value is -1.84. The third-order valence-electron chi connectivity index (χ3n) is 3.36. The summed E-state index contributed by atoms with van der Waals surface area (Å²) in [6.07, 6.45) is 6.03. The zero-order valence-corrected chi connectivity index (χ0v) is 11.4. The Bertz CT molecular complexity index is 456. The fourth-order valence-corrected chi connectivity index (χ4v) is 2.28. The molecule has 0 radical (unpaired) electrons. The molecule has 1 aliphatic rings. The molecule has 4 heteroatoms. The summed E-state index contributed by atoms with van der Waals surface area (Å²) in [6, 6.07) is 8.04.